The van der Waals surface area contributed by atoms with Gasteiger partial charge in [0.25, 0.3) is 0 Å². The SMILES string of the molecule is CCOC(=O)c1cc(Cl)ccc1OS(N)(=O)=O. The Balaban J connectivity index is 3.17. The Labute approximate surface area is 104 Å². The molecule has 1 aromatic carbocycles. The van der Waals surface area contributed by atoms with Gasteiger partial charge in [-0.1, -0.05) is 11.6 Å². The maximum atomic E-state index is 11.5. The van der Waals surface area contributed by atoms with Gasteiger partial charge >= 0.3 is 16.3 Å². The van der Waals surface area contributed by atoms with E-state index in [1.807, 2.05) is 0 Å². The minimum Gasteiger partial charge on any atom is -0.462 e. The highest BCUT2D eigenvalue weighted by molar-refractivity contribution is 7.84. The quantitative estimate of drug-likeness (QED) is 0.833. The van der Waals surface area contributed by atoms with Crippen molar-refractivity contribution in [2.45, 2.75) is 6.92 Å². The molecule has 0 unspecified atom stereocenters. The summed E-state index contributed by atoms with van der Waals surface area (Å²) in [7, 11) is -4.21. The fourth-order valence-electron chi connectivity index (χ4n) is 1.07. The summed E-state index contributed by atoms with van der Waals surface area (Å²) < 4.78 is 30.7. The first-order chi connectivity index (χ1) is 7.83. The third kappa shape index (κ3) is 4.22. The van der Waals surface area contributed by atoms with Gasteiger partial charge in [-0.05, 0) is 25.1 Å². The normalized spacial score (nSPS) is 11.0. The van der Waals surface area contributed by atoms with Gasteiger partial charge in [0.1, 0.15) is 5.56 Å². The van der Waals surface area contributed by atoms with Crippen LogP contribution in [0.3, 0.4) is 0 Å². The van der Waals surface area contributed by atoms with Crippen molar-refractivity contribution in [1.82, 2.24) is 0 Å². The second-order valence-corrected chi connectivity index (χ2v) is 4.53. The van der Waals surface area contributed by atoms with Gasteiger partial charge in [-0.3, -0.25) is 0 Å². The van der Waals surface area contributed by atoms with Gasteiger partial charge in [0.05, 0.1) is 6.61 Å². The molecule has 0 fully saturated rings. The van der Waals surface area contributed by atoms with Crippen molar-refractivity contribution < 1.29 is 22.1 Å². The summed E-state index contributed by atoms with van der Waals surface area (Å²) in [5.41, 5.74) is -0.103. The molecule has 0 atom stereocenters. The number of halogens is 1. The maximum absolute atomic E-state index is 11.5. The molecule has 0 aliphatic carbocycles. The number of esters is 1. The van der Waals surface area contributed by atoms with Gasteiger partial charge in [-0.15, -0.1) is 0 Å². The Morgan fingerprint density at radius 1 is 1.47 bits per heavy atom. The highest BCUT2D eigenvalue weighted by Crippen LogP contribution is 2.24. The highest BCUT2D eigenvalue weighted by atomic mass is 35.5. The lowest BCUT2D eigenvalue weighted by atomic mass is 10.2. The van der Waals surface area contributed by atoms with Crippen LogP contribution < -0.4 is 9.32 Å². The highest BCUT2D eigenvalue weighted by Gasteiger charge is 2.17. The third-order valence-corrected chi connectivity index (χ3v) is 2.29. The minimum absolute atomic E-state index is 0.103. The van der Waals surface area contributed by atoms with Gasteiger partial charge in [-0.2, -0.15) is 13.6 Å². The summed E-state index contributed by atoms with van der Waals surface area (Å²) in [6.45, 7) is 1.75. The predicted molar refractivity (Wildman–Crippen MR) is 61.1 cm³/mol. The summed E-state index contributed by atoms with van der Waals surface area (Å²) in [6, 6.07) is 3.82. The van der Waals surface area contributed by atoms with Gasteiger partial charge in [0.15, 0.2) is 5.75 Å². The Bertz CT molecular complexity index is 528. The second kappa shape index (κ2) is 5.35. The molecule has 2 N–H and O–H groups in total. The van der Waals surface area contributed by atoms with E-state index in [9.17, 15) is 13.2 Å². The molecule has 0 spiro atoms. The largest absolute Gasteiger partial charge is 0.462 e. The van der Waals surface area contributed by atoms with E-state index < -0.39 is 16.3 Å². The van der Waals surface area contributed by atoms with Crippen molar-refractivity contribution in [1.29, 1.82) is 0 Å². The molecule has 0 radical (unpaired) electrons. The van der Waals surface area contributed by atoms with E-state index in [0.717, 1.165) is 0 Å². The van der Waals surface area contributed by atoms with Gasteiger partial charge in [-0.25, -0.2) is 4.79 Å². The van der Waals surface area contributed by atoms with Gasteiger partial charge in [0.2, 0.25) is 0 Å². The van der Waals surface area contributed by atoms with Crippen molar-refractivity contribution in [2.24, 2.45) is 5.14 Å². The number of ether oxygens (including phenoxy) is 1. The Morgan fingerprint density at radius 2 is 2.12 bits per heavy atom. The van der Waals surface area contributed by atoms with Crippen LogP contribution in [0.15, 0.2) is 18.2 Å². The molecule has 1 rings (SSSR count). The fourth-order valence-corrected chi connectivity index (χ4v) is 1.64. The molecule has 0 saturated carbocycles. The number of hydrogen-bond donors (Lipinski definition) is 1. The number of nitrogens with two attached hydrogens (primary N) is 1. The Morgan fingerprint density at radius 3 is 2.65 bits per heavy atom. The van der Waals surface area contributed by atoms with E-state index in [1.54, 1.807) is 6.92 Å². The molecule has 0 amide bonds. The number of carbonyl (C=O) groups excluding carboxylic acids is 1. The molecule has 94 valence electrons. The van der Waals surface area contributed by atoms with Crippen molar-refractivity contribution in [3.05, 3.63) is 28.8 Å². The first-order valence-corrected chi connectivity index (χ1v) is 6.37. The smallest absolute Gasteiger partial charge is 0.380 e. The topological polar surface area (TPSA) is 95.7 Å². The van der Waals surface area contributed by atoms with Crippen LogP contribution in [-0.2, 0) is 15.0 Å². The summed E-state index contributed by atoms with van der Waals surface area (Å²) in [5, 5.41) is 4.96. The van der Waals surface area contributed by atoms with Crippen LogP contribution in [0.5, 0.6) is 5.75 Å². The average Bonchev–Trinajstić information content (AvgIpc) is 2.19. The lowest BCUT2D eigenvalue weighted by Gasteiger charge is -2.08. The van der Waals surface area contributed by atoms with Crippen molar-refractivity contribution in [3.8, 4) is 5.75 Å². The van der Waals surface area contributed by atoms with E-state index in [1.165, 1.54) is 18.2 Å². The third-order valence-electron chi connectivity index (χ3n) is 1.64. The molecule has 8 heteroatoms. The summed E-state index contributed by atoms with van der Waals surface area (Å²) in [5.74, 6) is -0.969. The number of benzene rings is 1. The molecule has 1 aromatic rings. The molecule has 0 aromatic heterocycles. The monoisotopic (exact) mass is 279 g/mol. The second-order valence-electron chi connectivity index (χ2n) is 2.94. The average molecular weight is 280 g/mol. The molecular formula is C9H10ClNO5S. The van der Waals surface area contributed by atoms with Crippen molar-refractivity contribution in [2.75, 3.05) is 6.61 Å². The van der Waals surface area contributed by atoms with E-state index in [4.69, 9.17) is 21.5 Å². The zero-order valence-electron chi connectivity index (χ0n) is 8.84. The predicted octanol–water partition coefficient (Wildman–Crippen LogP) is 1.10. The molecule has 0 aliphatic heterocycles. The lowest BCUT2D eigenvalue weighted by Crippen LogP contribution is -2.20. The van der Waals surface area contributed by atoms with E-state index >= 15 is 0 Å². The standard InChI is InChI=1S/C9H10ClNO5S/c1-2-15-9(12)7-5-6(10)3-4-8(7)16-17(11,13)14/h3-5H,2H2,1H3,(H2,11,13,14). The number of rotatable bonds is 4. The van der Waals surface area contributed by atoms with Gasteiger partial charge in [0, 0.05) is 5.02 Å². The molecule has 6 nitrogen and oxygen atoms in total. The molecule has 0 saturated heterocycles. The van der Waals surface area contributed by atoms with Crippen molar-refractivity contribution >= 4 is 27.9 Å². The van der Waals surface area contributed by atoms with Crippen LogP contribution in [0, 0.1) is 0 Å². The van der Waals surface area contributed by atoms with Crippen LogP contribution in [0.4, 0.5) is 0 Å². The van der Waals surface area contributed by atoms with Crippen LogP contribution in [0.2, 0.25) is 5.02 Å². The van der Waals surface area contributed by atoms with E-state index in [0.29, 0.717) is 0 Å². The Kier molecular flexibility index (Phi) is 4.33. The number of carbonyl (C=O) groups is 1. The van der Waals surface area contributed by atoms with Crippen LogP contribution in [-0.4, -0.2) is 21.0 Å². The molecule has 17 heavy (non-hydrogen) atoms. The van der Waals surface area contributed by atoms with E-state index in [2.05, 4.69) is 4.18 Å². The van der Waals surface area contributed by atoms with E-state index in [-0.39, 0.29) is 22.9 Å². The molecule has 0 aliphatic rings. The first kappa shape index (κ1) is 13.8. The van der Waals surface area contributed by atoms with Crippen LogP contribution >= 0.6 is 11.6 Å². The van der Waals surface area contributed by atoms with Crippen LogP contribution in [0.25, 0.3) is 0 Å². The number of hydrogen-bond acceptors (Lipinski definition) is 5. The van der Waals surface area contributed by atoms with Crippen LogP contribution in [0.1, 0.15) is 17.3 Å². The molecular weight excluding hydrogens is 270 g/mol. The zero-order valence-corrected chi connectivity index (χ0v) is 10.4. The minimum atomic E-state index is -4.21. The maximum Gasteiger partial charge on any atom is 0.380 e. The fraction of sp³-hybridized carbons (Fsp3) is 0.222. The van der Waals surface area contributed by atoms with Crippen molar-refractivity contribution in [3.63, 3.8) is 0 Å². The van der Waals surface area contributed by atoms with Gasteiger partial charge < -0.3 is 8.92 Å². The summed E-state index contributed by atoms with van der Waals surface area (Å²) >= 11 is 5.69. The summed E-state index contributed by atoms with van der Waals surface area (Å²) in [6.07, 6.45) is 0. The lowest BCUT2D eigenvalue weighted by molar-refractivity contribution is 0.0524. The molecule has 0 bridgehead atoms. The zero-order chi connectivity index (χ0) is 13.1. The molecule has 0 heterocycles. The summed E-state index contributed by atoms with van der Waals surface area (Å²) in [4.78, 5) is 11.5. The Hall–Kier alpha value is -1.31. The first-order valence-electron chi connectivity index (χ1n) is 4.52.